The summed E-state index contributed by atoms with van der Waals surface area (Å²) in [6, 6.07) is 18.2. The molecule has 30 heavy (non-hydrogen) atoms. The number of aromatic amines is 1. The molecule has 4 aromatic rings. The summed E-state index contributed by atoms with van der Waals surface area (Å²) in [5, 5.41) is 10.5. The molecule has 0 radical (unpaired) electrons. The van der Waals surface area contributed by atoms with Gasteiger partial charge in [0, 0.05) is 12.5 Å². The van der Waals surface area contributed by atoms with Crippen molar-refractivity contribution in [3.63, 3.8) is 0 Å². The van der Waals surface area contributed by atoms with Gasteiger partial charge in [0.2, 0.25) is 5.91 Å². The number of H-pyrrole nitrogens is 1. The van der Waals surface area contributed by atoms with Gasteiger partial charge >= 0.3 is 0 Å². The number of anilines is 1. The zero-order chi connectivity index (χ0) is 21.1. The summed E-state index contributed by atoms with van der Waals surface area (Å²) < 4.78 is 2.91. The zero-order valence-electron chi connectivity index (χ0n) is 16.5. The minimum atomic E-state index is -0.359. The van der Waals surface area contributed by atoms with Crippen LogP contribution < -0.4 is 16.4 Å². The van der Waals surface area contributed by atoms with E-state index in [1.54, 1.807) is 35.0 Å². The number of amides is 1. The molecule has 0 aliphatic carbocycles. The molecule has 152 valence electrons. The fourth-order valence-electron chi connectivity index (χ4n) is 3.35. The first-order valence-electron chi connectivity index (χ1n) is 9.61. The first-order chi connectivity index (χ1) is 14.5. The average Bonchev–Trinajstić information content (AvgIpc) is 3.08. The minimum absolute atomic E-state index is 0.0315. The Morgan fingerprint density at radius 1 is 1.03 bits per heavy atom. The molecular weight excluding hydrogens is 382 g/mol. The van der Waals surface area contributed by atoms with Crippen molar-refractivity contribution in [3.8, 4) is 0 Å². The summed E-state index contributed by atoms with van der Waals surface area (Å²) in [7, 11) is 0. The largest absolute Gasteiger partial charge is 0.311 e. The standard InChI is InChI=1S/C22H21N5O3/c1-15-13-19(27(24-15)14-16-7-3-2-4-8-16)23-20(28)11-12-26-22(30)18-10-6-5-9-17(18)21(29)25-26/h2-10,13H,11-12,14H2,1H3,(H,23,28)(H,25,29). The molecule has 2 aromatic carbocycles. The van der Waals surface area contributed by atoms with Gasteiger partial charge in [-0.25, -0.2) is 9.36 Å². The van der Waals surface area contributed by atoms with Crippen LogP contribution >= 0.6 is 0 Å². The average molecular weight is 403 g/mol. The summed E-state index contributed by atoms with van der Waals surface area (Å²) in [5.74, 6) is 0.311. The molecule has 0 bridgehead atoms. The molecule has 0 fully saturated rings. The molecule has 0 saturated heterocycles. The van der Waals surface area contributed by atoms with Crippen LogP contribution in [0.5, 0.6) is 0 Å². The smallest absolute Gasteiger partial charge is 0.273 e. The van der Waals surface area contributed by atoms with Crippen LogP contribution in [0.25, 0.3) is 10.8 Å². The van der Waals surface area contributed by atoms with Crippen molar-refractivity contribution in [1.82, 2.24) is 19.6 Å². The van der Waals surface area contributed by atoms with Crippen LogP contribution in [0.15, 0.2) is 70.3 Å². The fourth-order valence-corrected chi connectivity index (χ4v) is 3.35. The van der Waals surface area contributed by atoms with Crippen molar-refractivity contribution in [2.45, 2.75) is 26.4 Å². The van der Waals surface area contributed by atoms with Crippen LogP contribution in [0.1, 0.15) is 17.7 Å². The maximum atomic E-state index is 12.6. The van der Waals surface area contributed by atoms with Gasteiger partial charge in [-0.05, 0) is 24.6 Å². The van der Waals surface area contributed by atoms with Gasteiger partial charge < -0.3 is 5.32 Å². The molecule has 4 rings (SSSR count). The van der Waals surface area contributed by atoms with E-state index >= 15 is 0 Å². The Kier molecular flexibility index (Phi) is 5.30. The van der Waals surface area contributed by atoms with Gasteiger partial charge in [0.05, 0.1) is 29.6 Å². The number of hydrogen-bond donors (Lipinski definition) is 2. The molecule has 0 aliphatic rings. The van der Waals surface area contributed by atoms with Crippen molar-refractivity contribution >= 4 is 22.5 Å². The Hall–Kier alpha value is -3.94. The van der Waals surface area contributed by atoms with E-state index in [9.17, 15) is 14.4 Å². The van der Waals surface area contributed by atoms with Gasteiger partial charge in [0.25, 0.3) is 11.1 Å². The highest BCUT2D eigenvalue weighted by molar-refractivity contribution is 5.89. The second-order valence-corrected chi connectivity index (χ2v) is 7.06. The summed E-state index contributed by atoms with van der Waals surface area (Å²) in [6.45, 7) is 2.45. The molecule has 2 N–H and O–H groups in total. The van der Waals surface area contributed by atoms with Crippen LogP contribution in [-0.2, 0) is 17.9 Å². The highest BCUT2D eigenvalue weighted by atomic mass is 16.2. The summed E-state index contributed by atoms with van der Waals surface area (Å²) in [6.07, 6.45) is 0.0315. The fraction of sp³-hybridized carbons (Fsp3) is 0.182. The van der Waals surface area contributed by atoms with Gasteiger partial charge in [-0.3, -0.25) is 19.5 Å². The van der Waals surface area contributed by atoms with Crippen LogP contribution in [0, 0.1) is 6.92 Å². The Balaban J connectivity index is 1.48. The maximum absolute atomic E-state index is 12.6. The monoisotopic (exact) mass is 403 g/mol. The molecule has 2 heterocycles. The van der Waals surface area contributed by atoms with Gasteiger partial charge in [0.15, 0.2) is 0 Å². The number of nitrogens with zero attached hydrogens (tertiary/aromatic N) is 3. The highest BCUT2D eigenvalue weighted by Gasteiger charge is 2.12. The number of rotatable bonds is 6. The van der Waals surface area contributed by atoms with Crippen molar-refractivity contribution in [3.05, 3.63) is 92.6 Å². The molecule has 0 aliphatic heterocycles. The van der Waals surface area contributed by atoms with Crippen molar-refractivity contribution in [2.24, 2.45) is 0 Å². The number of hydrogen-bond acceptors (Lipinski definition) is 4. The van der Waals surface area contributed by atoms with Gasteiger partial charge in [-0.15, -0.1) is 0 Å². The molecular formula is C22H21N5O3. The normalized spacial score (nSPS) is 11.0. The number of aromatic nitrogens is 4. The third-order valence-electron chi connectivity index (χ3n) is 4.79. The van der Waals surface area contributed by atoms with Crippen molar-refractivity contribution in [2.75, 3.05) is 5.32 Å². The quantitative estimate of drug-likeness (QED) is 0.516. The number of fused-ring (bicyclic) bond motifs is 1. The van der Waals surface area contributed by atoms with E-state index < -0.39 is 0 Å². The minimum Gasteiger partial charge on any atom is -0.311 e. The van der Waals surface area contributed by atoms with Crippen molar-refractivity contribution < 1.29 is 4.79 Å². The van der Waals surface area contributed by atoms with Crippen LogP contribution in [-0.4, -0.2) is 25.5 Å². The molecule has 0 saturated carbocycles. The third-order valence-corrected chi connectivity index (χ3v) is 4.79. The first-order valence-corrected chi connectivity index (χ1v) is 9.61. The molecule has 0 unspecified atom stereocenters. The SMILES string of the molecule is Cc1cc(NC(=O)CCn2[nH]c(=O)c3ccccc3c2=O)n(Cc2ccccc2)n1. The lowest BCUT2D eigenvalue weighted by atomic mass is 10.2. The van der Waals surface area contributed by atoms with Crippen LogP contribution in [0.4, 0.5) is 5.82 Å². The molecule has 1 amide bonds. The van der Waals surface area contributed by atoms with E-state index in [0.29, 0.717) is 23.1 Å². The van der Waals surface area contributed by atoms with Crippen LogP contribution in [0.3, 0.4) is 0 Å². The second kappa shape index (κ2) is 8.20. The first kappa shape index (κ1) is 19.4. The second-order valence-electron chi connectivity index (χ2n) is 7.06. The lowest BCUT2D eigenvalue weighted by Gasteiger charge is -2.10. The Morgan fingerprint density at radius 3 is 2.50 bits per heavy atom. The van der Waals surface area contributed by atoms with Gasteiger partial charge in [0.1, 0.15) is 5.82 Å². The van der Waals surface area contributed by atoms with E-state index in [1.807, 2.05) is 37.3 Å². The number of aryl methyl sites for hydroxylation is 2. The van der Waals surface area contributed by atoms with E-state index in [2.05, 4.69) is 15.5 Å². The number of carbonyl (C=O) groups excluding carboxylic acids is 1. The number of carbonyl (C=O) groups is 1. The Labute approximate surface area is 171 Å². The number of benzene rings is 2. The lowest BCUT2D eigenvalue weighted by molar-refractivity contribution is -0.116. The summed E-state index contributed by atoms with van der Waals surface area (Å²) in [5.41, 5.74) is 1.16. The predicted octanol–water partition coefficient (Wildman–Crippen LogP) is 2.27. The van der Waals surface area contributed by atoms with Gasteiger partial charge in [-0.2, -0.15) is 5.10 Å². The molecule has 8 nitrogen and oxygen atoms in total. The highest BCUT2D eigenvalue weighted by Crippen LogP contribution is 2.13. The van der Waals surface area contributed by atoms with Crippen molar-refractivity contribution in [1.29, 1.82) is 0 Å². The molecule has 2 aromatic heterocycles. The van der Waals surface area contributed by atoms with Crippen LogP contribution in [0.2, 0.25) is 0 Å². The van der Waals surface area contributed by atoms with Gasteiger partial charge in [-0.1, -0.05) is 42.5 Å². The summed E-state index contributed by atoms with van der Waals surface area (Å²) in [4.78, 5) is 37.2. The van der Waals surface area contributed by atoms with E-state index in [0.717, 1.165) is 11.3 Å². The Bertz CT molecular complexity index is 1320. The van der Waals surface area contributed by atoms with E-state index in [4.69, 9.17) is 0 Å². The lowest BCUT2D eigenvalue weighted by Crippen LogP contribution is -2.31. The van der Waals surface area contributed by atoms with E-state index in [-0.39, 0.29) is 30.0 Å². The Morgan fingerprint density at radius 2 is 1.73 bits per heavy atom. The molecule has 8 heteroatoms. The third kappa shape index (κ3) is 4.07. The number of nitrogens with one attached hydrogen (secondary N) is 2. The van der Waals surface area contributed by atoms with E-state index in [1.165, 1.54) is 4.68 Å². The summed E-state index contributed by atoms with van der Waals surface area (Å²) >= 11 is 0. The molecule has 0 spiro atoms. The maximum Gasteiger partial charge on any atom is 0.273 e. The zero-order valence-corrected chi connectivity index (χ0v) is 16.5. The predicted molar refractivity (Wildman–Crippen MR) is 115 cm³/mol. The topological polar surface area (TPSA) is 102 Å². The molecule has 0 atom stereocenters.